The SMILES string of the molecule is Cc1ccn(C)c(=O)c1NC(=O)N[C@@H](c1ccccc1)[C@@H]1CCCO1. The van der Waals surface area contributed by atoms with Gasteiger partial charge >= 0.3 is 6.03 Å². The van der Waals surface area contributed by atoms with Gasteiger partial charge in [0.2, 0.25) is 0 Å². The highest BCUT2D eigenvalue weighted by Gasteiger charge is 2.29. The van der Waals surface area contributed by atoms with Crippen LogP contribution in [0.4, 0.5) is 10.5 Å². The van der Waals surface area contributed by atoms with Crippen molar-refractivity contribution in [2.24, 2.45) is 7.05 Å². The van der Waals surface area contributed by atoms with Crippen molar-refractivity contribution in [1.82, 2.24) is 9.88 Å². The number of rotatable bonds is 4. The molecule has 1 aliphatic heterocycles. The molecule has 2 aromatic rings. The van der Waals surface area contributed by atoms with Crippen molar-refractivity contribution in [3.05, 3.63) is 64.1 Å². The molecule has 0 unspecified atom stereocenters. The standard InChI is InChI=1S/C19H23N3O3/c1-13-10-11-22(2)18(23)16(13)20-19(24)21-17(15-9-6-12-25-15)14-7-4-3-5-8-14/h3-5,7-8,10-11,15,17H,6,9,12H2,1-2H3,(H2,20,21,24)/t15-,17-/m0/s1. The first-order chi connectivity index (χ1) is 12.1. The van der Waals surface area contributed by atoms with E-state index in [-0.39, 0.29) is 17.7 Å². The van der Waals surface area contributed by atoms with Crippen molar-refractivity contribution in [3.8, 4) is 0 Å². The Hall–Kier alpha value is -2.60. The summed E-state index contributed by atoms with van der Waals surface area (Å²) in [5.74, 6) is 0. The minimum absolute atomic E-state index is 0.0622. The number of anilines is 1. The Morgan fingerprint density at radius 2 is 2.04 bits per heavy atom. The van der Waals surface area contributed by atoms with Gasteiger partial charge in [0.15, 0.2) is 0 Å². The van der Waals surface area contributed by atoms with Gasteiger partial charge in [-0.15, -0.1) is 0 Å². The second-order valence-electron chi connectivity index (χ2n) is 6.33. The van der Waals surface area contributed by atoms with E-state index in [9.17, 15) is 9.59 Å². The number of hydrogen-bond acceptors (Lipinski definition) is 3. The van der Waals surface area contributed by atoms with Crippen LogP contribution in [0.1, 0.15) is 30.0 Å². The van der Waals surface area contributed by atoms with Gasteiger partial charge in [0.1, 0.15) is 5.69 Å². The molecule has 25 heavy (non-hydrogen) atoms. The average molecular weight is 341 g/mol. The fraction of sp³-hybridized carbons (Fsp3) is 0.368. The zero-order valence-corrected chi connectivity index (χ0v) is 14.5. The quantitative estimate of drug-likeness (QED) is 0.898. The minimum Gasteiger partial charge on any atom is -0.376 e. The molecule has 6 nitrogen and oxygen atoms in total. The van der Waals surface area contributed by atoms with Crippen LogP contribution in [0.25, 0.3) is 0 Å². The molecule has 1 aliphatic rings. The summed E-state index contributed by atoms with van der Waals surface area (Å²) in [4.78, 5) is 24.8. The molecular formula is C19H23N3O3. The Morgan fingerprint density at radius 1 is 1.28 bits per heavy atom. The molecule has 132 valence electrons. The molecule has 2 atom stereocenters. The predicted octanol–water partition coefficient (Wildman–Crippen LogP) is 2.74. The number of nitrogens with one attached hydrogen (secondary N) is 2. The third-order valence-electron chi connectivity index (χ3n) is 4.50. The molecule has 2 heterocycles. The van der Waals surface area contributed by atoms with Crippen LogP contribution in [0.3, 0.4) is 0 Å². The number of urea groups is 1. The number of nitrogens with zero attached hydrogens (tertiary/aromatic N) is 1. The minimum atomic E-state index is -0.407. The maximum absolute atomic E-state index is 12.5. The first-order valence-corrected chi connectivity index (χ1v) is 8.46. The largest absolute Gasteiger partial charge is 0.376 e. The zero-order valence-electron chi connectivity index (χ0n) is 14.5. The third kappa shape index (κ3) is 3.91. The van der Waals surface area contributed by atoms with Gasteiger partial charge in [-0.1, -0.05) is 30.3 Å². The van der Waals surface area contributed by atoms with E-state index >= 15 is 0 Å². The number of aryl methyl sites for hydroxylation is 2. The number of amides is 2. The van der Waals surface area contributed by atoms with Crippen molar-refractivity contribution >= 4 is 11.7 Å². The molecule has 0 spiro atoms. The van der Waals surface area contributed by atoms with Crippen molar-refractivity contribution in [3.63, 3.8) is 0 Å². The molecule has 1 aromatic heterocycles. The van der Waals surface area contributed by atoms with Gasteiger partial charge < -0.3 is 19.9 Å². The Morgan fingerprint density at radius 3 is 2.72 bits per heavy atom. The lowest BCUT2D eigenvalue weighted by atomic mass is 9.99. The van der Waals surface area contributed by atoms with Gasteiger partial charge in [0.25, 0.3) is 5.56 Å². The number of carbonyl (C=O) groups is 1. The summed E-state index contributed by atoms with van der Waals surface area (Å²) in [5.41, 5.74) is 1.78. The van der Waals surface area contributed by atoms with Crippen molar-refractivity contribution in [2.45, 2.75) is 31.9 Å². The molecule has 2 N–H and O–H groups in total. The van der Waals surface area contributed by atoms with E-state index in [1.165, 1.54) is 4.57 Å². The molecule has 6 heteroatoms. The molecule has 0 aliphatic carbocycles. The molecule has 1 aromatic carbocycles. The van der Waals surface area contributed by atoms with E-state index < -0.39 is 6.03 Å². The van der Waals surface area contributed by atoms with Gasteiger partial charge in [-0.05, 0) is 37.0 Å². The van der Waals surface area contributed by atoms with Crippen molar-refractivity contribution in [2.75, 3.05) is 11.9 Å². The summed E-state index contributed by atoms with van der Waals surface area (Å²) in [6.07, 6.45) is 3.49. The number of benzene rings is 1. The second-order valence-corrected chi connectivity index (χ2v) is 6.33. The van der Waals surface area contributed by atoms with Crippen LogP contribution in [0.2, 0.25) is 0 Å². The van der Waals surface area contributed by atoms with E-state index in [1.807, 2.05) is 30.3 Å². The van der Waals surface area contributed by atoms with Gasteiger partial charge in [-0.2, -0.15) is 0 Å². The van der Waals surface area contributed by atoms with E-state index in [4.69, 9.17) is 4.74 Å². The number of pyridine rings is 1. The van der Waals surface area contributed by atoms with Crippen LogP contribution in [0.15, 0.2) is 47.4 Å². The Kier molecular flexibility index (Phi) is 5.19. The lowest BCUT2D eigenvalue weighted by Crippen LogP contribution is -2.40. The fourth-order valence-corrected chi connectivity index (χ4v) is 3.08. The van der Waals surface area contributed by atoms with Crippen molar-refractivity contribution in [1.29, 1.82) is 0 Å². The van der Waals surface area contributed by atoms with Gasteiger partial charge in [0, 0.05) is 19.9 Å². The highest BCUT2D eigenvalue weighted by Crippen LogP contribution is 2.27. The van der Waals surface area contributed by atoms with Crippen LogP contribution >= 0.6 is 0 Å². The van der Waals surface area contributed by atoms with E-state index in [0.29, 0.717) is 12.3 Å². The monoisotopic (exact) mass is 341 g/mol. The van der Waals surface area contributed by atoms with Crippen LogP contribution < -0.4 is 16.2 Å². The molecule has 0 radical (unpaired) electrons. The summed E-state index contributed by atoms with van der Waals surface area (Å²) in [6, 6.07) is 10.9. The van der Waals surface area contributed by atoms with Gasteiger partial charge in [0.05, 0.1) is 12.1 Å². The molecule has 1 saturated heterocycles. The maximum Gasteiger partial charge on any atom is 0.319 e. The van der Waals surface area contributed by atoms with Crippen LogP contribution in [0.5, 0.6) is 0 Å². The van der Waals surface area contributed by atoms with Gasteiger partial charge in [-0.3, -0.25) is 4.79 Å². The molecule has 0 saturated carbocycles. The first kappa shape index (κ1) is 17.2. The normalized spacial score (nSPS) is 17.9. The fourth-order valence-electron chi connectivity index (χ4n) is 3.08. The summed E-state index contributed by atoms with van der Waals surface area (Å²) in [7, 11) is 1.66. The molecule has 2 amide bonds. The van der Waals surface area contributed by atoms with Gasteiger partial charge in [-0.25, -0.2) is 4.79 Å². The highest BCUT2D eigenvalue weighted by atomic mass is 16.5. The zero-order chi connectivity index (χ0) is 17.8. The first-order valence-electron chi connectivity index (χ1n) is 8.46. The molecule has 0 bridgehead atoms. The van der Waals surface area contributed by atoms with Crippen molar-refractivity contribution < 1.29 is 9.53 Å². The summed E-state index contributed by atoms with van der Waals surface area (Å²) in [6.45, 7) is 2.50. The third-order valence-corrected chi connectivity index (χ3v) is 4.50. The Balaban J connectivity index is 1.79. The summed E-state index contributed by atoms with van der Waals surface area (Å²) >= 11 is 0. The molecule has 3 rings (SSSR count). The molecule has 1 fully saturated rings. The lowest BCUT2D eigenvalue weighted by molar-refractivity contribution is 0.0815. The highest BCUT2D eigenvalue weighted by molar-refractivity contribution is 5.90. The number of carbonyl (C=O) groups excluding carboxylic acids is 1. The summed E-state index contributed by atoms with van der Waals surface area (Å²) < 4.78 is 7.22. The van der Waals surface area contributed by atoms with E-state index in [2.05, 4.69) is 10.6 Å². The number of aromatic nitrogens is 1. The summed E-state index contributed by atoms with van der Waals surface area (Å²) in [5, 5.41) is 5.68. The Bertz CT molecular complexity index is 795. The lowest BCUT2D eigenvalue weighted by Gasteiger charge is -2.25. The van der Waals surface area contributed by atoms with E-state index in [0.717, 1.165) is 24.0 Å². The predicted molar refractivity (Wildman–Crippen MR) is 96.7 cm³/mol. The Labute approximate surface area is 146 Å². The van der Waals surface area contributed by atoms with Crippen LogP contribution in [0, 0.1) is 6.92 Å². The van der Waals surface area contributed by atoms with E-state index in [1.54, 1.807) is 26.2 Å². The van der Waals surface area contributed by atoms with Crippen LogP contribution in [-0.4, -0.2) is 23.3 Å². The van der Waals surface area contributed by atoms with Crippen LogP contribution in [-0.2, 0) is 11.8 Å². The molecular weight excluding hydrogens is 318 g/mol. The number of ether oxygens (including phenoxy) is 1. The smallest absolute Gasteiger partial charge is 0.319 e. The second kappa shape index (κ2) is 7.53. The topological polar surface area (TPSA) is 72.4 Å². The maximum atomic E-state index is 12.5. The number of hydrogen-bond donors (Lipinski definition) is 2. The average Bonchev–Trinajstić information content (AvgIpc) is 3.15.